The molecule has 0 spiro atoms. The highest BCUT2D eigenvalue weighted by Crippen LogP contribution is 2.39. The highest BCUT2D eigenvalue weighted by Gasteiger charge is 2.37. The Morgan fingerprint density at radius 1 is 1.14 bits per heavy atom. The Hall–Kier alpha value is -3.18. The minimum atomic E-state index is -4.75. The molecule has 1 heterocycles. The van der Waals surface area contributed by atoms with Gasteiger partial charge in [0.05, 0.1) is 33.4 Å². The van der Waals surface area contributed by atoms with Crippen LogP contribution in [0.2, 0.25) is 0 Å². The normalized spacial score (nSPS) is 11.2. The Balaban J connectivity index is 2.15. The largest absolute Gasteiger partial charge is 0.493 e. The van der Waals surface area contributed by atoms with Gasteiger partial charge in [0.2, 0.25) is 11.6 Å². The highest BCUT2D eigenvalue weighted by molar-refractivity contribution is 5.98. The molecule has 0 saturated heterocycles. The zero-order chi connectivity index (χ0) is 21.1. The minimum Gasteiger partial charge on any atom is -0.493 e. The molecule has 0 unspecified atom stereocenters. The maximum atomic E-state index is 12.8. The van der Waals surface area contributed by atoms with Crippen molar-refractivity contribution in [2.24, 2.45) is 7.05 Å². The summed E-state index contributed by atoms with van der Waals surface area (Å²) in [6, 6.07) is 2.96. The van der Waals surface area contributed by atoms with E-state index in [-0.39, 0.29) is 30.2 Å². The van der Waals surface area contributed by atoms with E-state index in [1.165, 1.54) is 33.5 Å². The van der Waals surface area contributed by atoms with Crippen LogP contribution in [0.4, 0.5) is 13.2 Å². The van der Waals surface area contributed by atoms with Gasteiger partial charge < -0.3 is 19.5 Å². The summed E-state index contributed by atoms with van der Waals surface area (Å²) in [5.74, 6) is -1.18. The van der Waals surface area contributed by atoms with Gasteiger partial charge in [-0.3, -0.25) is 9.36 Å². The lowest BCUT2D eigenvalue weighted by molar-refractivity contribution is -0.147. The van der Waals surface area contributed by atoms with E-state index >= 15 is 0 Å². The van der Waals surface area contributed by atoms with Crippen molar-refractivity contribution in [3.8, 4) is 17.2 Å². The lowest BCUT2D eigenvalue weighted by atomic mass is 10.1. The molecular weight excluding hydrogens is 385 g/mol. The number of nitrogens with one attached hydrogen (secondary N) is 1. The van der Waals surface area contributed by atoms with Gasteiger partial charge in [0.1, 0.15) is 0 Å². The Morgan fingerprint density at radius 2 is 1.79 bits per heavy atom. The van der Waals surface area contributed by atoms with E-state index in [1.54, 1.807) is 0 Å². The SMILES string of the molecule is COc1ccc(C(=O)NCCn2nc(C(F)(F)F)n(C)c2=O)c(OC)c1OC. The number of hydrogen-bond acceptors (Lipinski definition) is 6. The summed E-state index contributed by atoms with van der Waals surface area (Å²) in [5, 5.41) is 5.76. The summed E-state index contributed by atoms with van der Waals surface area (Å²) in [6.45, 7) is -0.380. The maximum absolute atomic E-state index is 12.8. The zero-order valence-electron chi connectivity index (χ0n) is 15.6. The van der Waals surface area contributed by atoms with Gasteiger partial charge in [-0.2, -0.15) is 13.2 Å². The number of methoxy groups -OCH3 is 3. The topological polar surface area (TPSA) is 96.6 Å². The van der Waals surface area contributed by atoms with Crippen LogP contribution in [-0.2, 0) is 19.8 Å². The summed E-state index contributed by atoms with van der Waals surface area (Å²) in [6.07, 6.45) is -4.75. The molecular formula is C16H19F3N4O5. The van der Waals surface area contributed by atoms with E-state index in [0.717, 1.165) is 7.05 Å². The van der Waals surface area contributed by atoms with Crippen LogP contribution in [0.1, 0.15) is 16.2 Å². The van der Waals surface area contributed by atoms with Crippen LogP contribution in [0.5, 0.6) is 17.2 Å². The van der Waals surface area contributed by atoms with Crippen LogP contribution < -0.4 is 25.2 Å². The molecule has 154 valence electrons. The minimum absolute atomic E-state index is 0.129. The van der Waals surface area contributed by atoms with Crippen molar-refractivity contribution in [1.82, 2.24) is 19.7 Å². The van der Waals surface area contributed by atoms with E-state index < -0.39 is 23.6 Å². The molecule has 0 saturated carbocycles. The first-order valence-corrected chi connectivity index (χ1v) is 7.93. The molecule has 0 aliphatic rings. The summed E-state index contributed by atoms with van der Waals surface area (Å²) in [5.41, 5.74) is -0.810. The Labute approximate surface area is 157 Å². The highest BCUT2D eigenvalue weighted by atomic mass is 19.4. The predicted molar refractivity (Wildman–Crippen MR) is 90.9 cm³/mol. The van der Waals surface area contributed by atoms with Gasteiger partial charge in [-0.1, -0.05) is 0 Å². The molecule has 2 aromatic rings. The van der Waals surface area contributed by atoms with Crippen LogP contribution in [0.25, 0.3) is 0 Å². The number of alkyl halides is 3. The van der Waals surface area contributed by atoms with E-state index in [2.05, 4.69) is 10.4 Å². The fraction of sp³-hybridized carbons (Fsp3) is 0.438. The number of carbonyl (C=O) groups excluding carboxylic acids is 1. The zero-order valence-corrected chi connectivity index (χ0v) is 15.6. The second-order valence-corrected chi connectivity index (χ2v) is 5.52. The smallest absolute Gasteiger partial charge is 0.451 e. The molecule has 0 bridgehead atoms. The molecule has 0 aliphatic carbocycles. The van der Waals surface area contributed by atoms with Crippen LogP contribution in [-0.4, -0.2) is 48.1 Å². The number of halogens is 3. The molecule has 9 nitrogen and oxygen atoms in total. The molecule has 1 aromatic heterocycles. The number of aromatic nitrogens is 3. The second-order valence-electron chi connectivity index (χ2n) is 5.52. The summed E-state index contributed by atoms with van der Waals surface area (Å²) >= 11 is 0. The van der Waals surface area contributed by atoms with Gasteiger partial charge in [-0.25, -0.2) is 9.48 Å². The van der Waals surface area contributed by atoms with Gasteiger partial charge in [0, 0.05) is 13.6 Å². The summed E-state index contributed by atoms with van der Waals surface area (Å²) in [7, 11) is 5.13. The standard InChI is InChI=1S/C16H19F3N4O5/c1-22-14(16(17,18)19)21-23(15(22)25)8-7-20-13(24)9-5-6-10(26-2)12(28-4)11(9)27-3/h5-6H,7-8H2,1-4H3,(H,20,24). The van der Waals surface area contributed by atoms with Crippen molar-refractivity contribution in [2.45, 2.75) is 12.7 Å². The van der Waals surface area contributed by atoms with E-state index in [4.69, 9.17) is 14.2 Å². The van der Waals surface area contributed by atoms with Gasteiger partial charge in [-0.15, -0.1) is 5.10 Å². The number of ether oxygens (including phenoxy) is 3. The molecule has 0 radical (unpaired) electrons. The number of hydrogen-bond donors (Lipinski definition) is 1. The monoisotopic (exact) mass is 404 g/mol. The van der Waals surface area contributed by atoms with E-state index in [1.807, 2.05) is 0 Å². The number of carbonyl (C=O) groups is 1. The molecule has 0 aliphatic heterocycles. The van der Waals surface area contributed by atoms with Gasteiger partial charge in [0.15, 0.2) is 11.5 Å². The fourth-order valence-corrected chi connectivity index (χ4v) is 2.53. The van der Waals surface area contributed by atoms with Crippen LogP contribution >= 0.6 is 0 Å². The quantitative estimate of drug-likeness (QED) is 0.741. The lowest BCUT2D eigenvalue weighted by Gasteiger charge is -2.15. The van der Waals surface area contributed by atoms with E-state index in [9.17, 15) is 22.8 Å². The molecule has 0 fully saturated rings. The average Bonchev–Trinajstić information content (AvgIpc) is 2.95. The Bertz CT molecular complexity index is 920. The molecule has 12 heteroatoms. The molecule has 1 aromatic carbocycles. The summed E-state index contributed by atoms with van der Waals surface area (Å²) in [4.78, 5) is 24.3. The Morgan fingerprint density at radius 3 is 2.29 bits per heavy atom. The van der Waals surface area contributed by atoms with Crippen LogP contribution in [0.3, 0.4) is 0 Å². The third kappa shape index (κ3) is 4.05. The van der Waals surface area contributed by atoms with Crippen molar-refractivity contribution in [2.75, 3.05) is 27.9 Å². The second kappa shape index (κ2) is 8.23. The summed E-state index contributed by atoms with van der Waals surface area (Å²) < 4.78 is 54.9. The van der Waals surface area contributed by atoms with Gasteiger partial charge in [0.25, 0.3) is 5.91 Å². The number of amides is 1. The number of rotatable bonds is 7. The van der Waals surface area contributed by atoms with Crippen molar-refractivity contribution in [3.63, 3.8) is 0 Å². The molecule has 2 rings (SSSR count). The Kier molecular flexibility index (Phi) is 6.21. The maximum Gasteiger partial charge on any atom is 0.451 e. The van der Waals surface area contributed by atoms with Crippen molar-refractivity contribution < 1.29 is 32.2 Å². The molecule has 28 heavy (non-hydrogen) atoms. The third-order valence-electron chi connectivity index (χ3n) is 3.85. The van der Waals surface area contributed by atoms with Crippen molar-refractivity contribution >= 4 is 5.91 Å². The van der Waals surface area contributed by atoms with Crippen LogP contribution in [0.15, 0.2) is 16.9 Å². The molecule has 0 atom stereocenters. The van der Waals surface area contributed by atoms with Crippen molar-refractivity contribution in [3.05, 3.63) is 34.0 Å². The number of benzene rings is 1. The number of nitrogens with zero attached hydrogens (tertiary/aromatic N) is 3. The van der Waals surface area contributed by atoms with Gasteiger partial charge in [-0.05, 0) is 12.1 Å². The van der Waals surface area contributed by atoms with Crippen LogP contribution in [0, 0.1) is 0 Å². The predicted octanol–water partition coefficient (Wildman–Crippen LogP) is 1.06. The first kappa shape index (κ1) is 21.1. The molecule has 1 amide bonds. The first-order chi connectivity index (χ1) is 13.1. The lowest BCUT2D eigenvalue weighted by Crippen LogP contribution is -2.32. The average molecular weight is 404 g/mol. The third-order valence-corrected chi connectivity index (χ3v) is 3.85. The van der Waals surface area contributed by atoms with E-state index in [0.29, 0.717) is 15.0 Å². The molecule has 1 N–H and O–H groups in total. The first-order valence-electron chi connectivity index (χ1n) is 7.93. The fourth-order valence-electron chi connectivity index (χ4n) is 2.53. The van der Waals surface area contributed by atoms with Crippen molar-refractivity contribution in [1.29, 1.82) is 0 Å². The van der Waals surface area contributed by atoms with Gasteiger partial charge >= 0.3 is 11.9 Å².